The molecule has 0 aliphatic carbocycles. The van der Waals surface area contributed by atoms with E-state index in [1.165, 1.54) is 0 Å². The predicted molar refractivity (Wildman–Crippen MR) is 82.6 cm³/mol. The number of hydrogen-bond donors (Lipinski definition) is 1. The van der Waals surface area contributed by atoms with Crippen LogP contribution in [0.4, 0.5) is 0 Å². The summed E-state index contributed by atoms with van der Waals surface area (Å²) in [6.07, 6.45) is 1.07. The van der Waals surface area contributed by atoms with Crippen molar-refractivity contribution >= 4 is 15.9 Å². The third kappa shape index (κ3) is 3.10. The molecule has 2 unspecified atom stereocenters. The molecule has 0 aromatic heterocycles. The SMILES string of the molecule is CCNC(c1ccc(OC)c(Br)c1OC)C1CCOC1. The summed E-state index contributed by atoms with van der Waals surface area (Å²) in [7, 11) is 3.35. The Morgan fingerprint density at radius 2 is 2.20 bits per heavy atom. The molecule has 0 radical (unpaired) electrons. The van der Waals surface area contributed by atoms with Gasteiger partial charge in [0.2, 0.25) is 0 Å². The molecule has 0 saturated carbocycles. The number of halogens is 1. The highest BCUT2D eigenvalue weighted by atomic mass is 79.9. The summed E-state index contributed by atoms with van der Waals surface area (Å²) in [5.41, 5.74) is 1.15. The first-order valence-electron chi connectivity index (χ1n) is 6.94. The van der Waals surface area contributed by atoms with Crippen molar-refractivity contribution in [3.05, 3.63) is 22.2 Å². The predicted octanol–water partition coefficient (Wildman–Crippen LogP) is 3.15. The summed E-state index contributed by atoms with van der Waals surface area (Å²) in [6, 6.07) is 4.29. The highest BCUT2D eigenvalue weighted by molar-refractivity contribution is 9.10. The summed E-state index contributed by atoms with van der Waals surface area (Å²) in [4.78, 5) is 0. The molecule has 0 amide bonds. The Morgan fingerprint density at radius 1 is 1.40 bits per heavy atom. The van der Waals surface area contributed by atoms with Gasteiger partial charge in [-0.05, 0) is 41.0 Å². The van der Waals surface area contributed by atoms with Crippen molar-refractivity contribution in [3.63, 3.8) is 0 Å². The lowest BCUT2D eigenvalue weighted by Crippen LogP contribution is -2.29. The van der Waals surface area contributed by atoms with E-state index >= 15 is 0 Å². The molecule has 1 aliphatic rings. The number of methoxy groups -OCH3 is 2. The van der Waals surface area contributed by atoms with E-state index in [2.05, 4.69) is 34.2 Å². The maximum Gasteiger partial charge on any atom is 0.141 e. The van der Waals surface area contributed by atoms with Crippen LogP contribution in [0.2, 0.25) is 0 Å². The summed E-state index contributed by atoms with van der Waals surface area (Å²) in [5.74, 6) is 2.09. The first kappa shape index (κ1) is 15.6. The zero-order valence-corrected chi connectivity index (χ0v) is 13.8. The van der Waals surface area contributed by atoms with E-state index in [4.69, 9.17) is 14.2 Å². The van der Waals surface area contributed by atoms with Crippen LogP contribution in [0.25, 0.3) is 0 Å². The normalized spacial score (nSPS) is 19.9. The average Bonchev–Trinajstić information content (AvgIpc) is 2.98. The molecule has 20 heavy (non-hydrogen) atoms. The molecule has 1 heterocycles. The van der Waals surface area contributed by atoms with E-state index < -0.39 is 0 Å². The van der Waals surface area contributed by atoms with Gasteiger partial charge >= 0.3 is 0 Å². The lowest BCUT2D eigenvalue weighted by molar-refractivity contribution is 0.176. The Kier molecular flexibility index (Phi) is 5.69. The van der Waals surface area contributed by atoms with Gasteiger partial charge in [-0.3, -0.25) is 0 Å². The Bertz CT molecular complexity index is 447. The second-order valence-corrected chi connectivity index (χ2v) is 5.66. The van der Waals surface area contributed by atoms with Crippen LogP contribution >= 0.6 is 15.9 Å². The number of nitrogens with one attached hydrogen (secondary N) is 1. The van der Waals surface area contributed by atoms with Crippen LogP contribution < -0.4 is 14.8 Å². The number of benzene rings is 1. The minimum atomic E-state index is 0.236. The van der Waals surface area contributed by atoms with E-state index in [-0.39, 0.29) is 6.04 Å². The summed E-state index contributed by atoms with van der Waals surface area (Å²) >= 11 is 3.57. The van der Waals surface area contributed by atoms with Crippen molar-refractivity contribution in [2.75, 3.05) is 34.0 Å². The third-order valence-corrected chi connectivity index (χ3v) is 4.46. The van der Waals surface area contributed by atoms with Gasteiger partial charge in [0, 0.05) is 24.1 Å². The fraction of sp³-hybridized carbons (Fsp3) is 0.600. The summed E-state index contributed by atoms with van der Waals surface area (Å²) in [6.45, 7) is 4.67. The molecule has 0 spiro atoms. The van der Waals surface area contributed by atoms with E-state index in [1.807, 2.05) is 6.07 Å². The third-order valence-electron chi connectivity index (χ3n) is 3.71. The van der Waals surface area contributed by atoms with Crippen molar-refractivity contribution in [3.8, 4) is 11.5 Å². The highest BCUT2D eigenvalue weighted by Gasteiger charge is 2.29. The Labute approximate surface area is 128 Å². The monoisotopic (exact) mass is 343 g/mol. The van der Waals surface area contributed by atoms with E-state index in [1.54, 1.807) is 14.2 Å². The van der Waals surface area contributed by atoms with Gasteiger partial charge in [-0.25, -0.2) is 0 Å². The highest BCUT2D eigenvalue weighted by Crippen LogP contribution is 2.42. The van der Waals surface area contributed by atoms with Crippen LogP contribution in [-0.2, 0) is 4.74 Å². The molecule has 1 aliphatic heterocycles. The first-order chi connectivity index (χ1) is 9.72. The van der Waals surface area contributed by atoms with Gasteiger partial charge < -0.3 is 19.5 Å². The topological polar surface area (TPSA) is 39.7 Å². The van der Waals surface area contributed by atoms with Gasteiger partial charge in [-0.2, -0.15) is 0 Å². The fourth-order valence-electron chi connectivity index (χ4n) is 2.73. The Morgan fingerprint density at radius 3 is 2.75 bits per heavy atom. The molecule has 0 bridgehead atoms. The van der Waals surface area contributed by atoms with Crippen molar-refractivity contribution in [2.45, 2.75) is 19.4 Å². The van der Waals surface area contributed by atoms with Crippen LogP contribution in [0.15, 0.2) is 16.6 Å². The van der Waals surface area contributed by atoms with Crippen LogP contribution in [0.1, 0.15) is 24.9 Å². The molecule has 1 fully saturated rings. The molecule has 112 valence electrons. The van der Waals surface area contributed by atoms with E-state index in [0.29, 0.717) is 5.92 Å². The van der Waals surface area contributed by atoms with Gasteiger partial charge in [0.1, 0.15) is 16.0 Å². The van der Waals surface area contributed by atoms with Gasteiger partial charge in [-0.1, -0.05) is 6.92 Å². The Hall–Kier alpha value is -0.780. The van der Waals surface area contributed by atoms with Crippen molar-refractivity contribution in [1.82, 2.24) is 5.32 Å². The Balaban J connectivity index is 2.39. The van der Waals surface area contributed by atoms with Crippen LogP contribution in [0, 0.1) is 5.92 Å². The maximum absolute atomic E-state index is 5.60. The van der Waals surface area contributed by atoms with Crippen LogP contribution in [0.5, 0.6) is 11.5 Å². The largest absolute Gasteiger partial charge is 0.495 e. The molecule has 4 nitrogen and oxygen atoms in total. The molecule has 1 aromatic carbocycles. The molecule has 1 saturated heterocycles. The van der Waals surface area contributed by atoms with Crippen LogP contribution in [-0.4, -0.2) is 34.0 Å². The minimum Gasteiger partial charge on any atom is -0.495 e. The standard InChI is InChI=1S/C15H22BrNO3/c1-4-17-14(10-7-8-20-9-10)11-5-6-12(18-2)13(16)15(11)19-3/h5-6,10,14,17H,4,7-9H2,1-3H3. The average molecular weight is 344 g/mol. The molecule has 5 heteroatoms. The number of rotatable bonds is 6. The molecule has 2 rings (SSSR count). The fourth-order valence-corrected chi connectivity index (χ4v) is 3.41. The van der Waals surface area contributed by atoms with Crippen LogP contribution in [0.3, 0.4) is 0 Å². The quantitative estimate of drug-likeness (QED) is 0.861. The smallest absolute Gasteiger partial charge is 0.141 e. The second kappa shape index (κ2) is 7.29. The van der Waals surface area contributed by atoms with Gasteiger partial charge in [0.15, 0.2) is 0 Å². The lowest BCUT2D eigenvalue weighted by Gasteiger charge is -2.26. The first-order valence-corrected chi connectivity index (χ1v) is 7.73. The van der Waals surface area contributed by atoms with Crippen molar-refractivity contribution in [1.29, 1.82) is 0 Å². The summed E-state index contributed by atoms with van der Waals surface area (Å²) in [5, 5.41) is 3.56. The second-order valence-electron chi connectivity index (χ2n) is 4.86. The number of ether oxygens (including phenoxy) is 3. The molecular formula is C15H22BrNO3. The van der Waals surface area contributed by atoms with Gasteiger partial charge in [0.05, 0.1) is 20.8 Å². The van der Waals surface area contributed by atoms with Gasteiger partial charge in [-0.15, -0.1) is 0 Å². The minimum absolute atomic E-state index is 0.236. The zero-order chi connectivity index (χ0) is 14.5. The summed E-state index contributed by atoms with van der Waals surface area (Å²) < 4.78 is 17.3. The molecule has 2 atom stereocenters. The maximum atomic E-state index is 5.60. The van der Waals surface area contributed by atoms with E-state index in [9.17, 15) is 0 Å². The van der Waals surface area contributed by atoms with Crippen molar-refractivity contribution in [2.24, 2.45) is 5.92 Å². The number of hydrogen-bond acceptors (Lipinski definition) is 4. The lowest BCUT2D eigenvalue weighted by atomic mass is 9.91. The van der Waals surface area contributed by atoms with Gasteiger partial charge in [0.25, 0.3) is 0 Å². The molecule has 1 N–H and O–H groups in total. The van der Waals surface area contributed by atoms with Crippen molar-refractivity contribution < 1.29 is 14.2 Å². The molecular weight excluding hydrogens is 322 g/mol. The zero-order valence-electron chi connectivity index (χ0n) is 12.2. The van der Waals surface area contributed by atoms with E-state index in [0.717, 1.165) is 47.7 Å². The molecule has 1 aromatic rings.